The van der Waals surface area contributed by atoms with Crippen molar-refractivity contribution in [2.75, 3.05) is 0 Å². The highest BCUT2D eigenvalue weighted by molar-refractivity contribution is 4.86. The van der Waals surface area contributed by atoms with Crippen LogP contribution in [0.4, 0.5) is 0 Å². The molecule has 0 spiro atoms. The van der Waals surface area contributed by atoms with Gasteiger partial charge in [0.15, 0.2) is 0 Å². The molecule has 0 bridgehead atoms. The van der Waals surface area contributed by atoms with Gasteiger partial charge in [-0.15, -0.1) is 0 Å². The van der Waals surface area contributed by atoms with Gasteiger partial charge in [0.25, 0.3) is 0 Å². The van der Waals surface area contributed by atoms with Crippen molar-refractivity contribution in [1.82, 2.24) is 0 Å². The zero-order chi connectivity index (χ0) is 8.91. The van der Waals surface area contributed by atoms with Crippen LogP contribution in [0, 0.1) is 5.92 Å². The first kappa shape index (κ1) is 11.0. The van der Waals surface area contributed by atoms with Crippen molar-refractivity contribution in [3.05, 3.63) is 0 Å². The molecule has 0 saturated heterocycles. The molecule has 0 amide bonds. The van der Waals surface area contributed by atoms with Crippen LogP contribution in [0.1, 0.15) is 53.4 Å². The molecule has 0 aromatic heterocycles. The van der Waals surface area contributed by atoms with Crippen LogP contribution in [-0.4, -0.2) is 5.54 Å². The van der Waals surface area contributed by atoms with Gasteiger partial charge in [-0.1, -0.05) is 40.5 Å². The van der Waals surface area contributed by atoms with Crippen LogP contribution in [0.15, 0.2) is 0 Å². The normalized spacial score (nSPS) is 19.4. The van der Waals surface area contributed by atoms with Crippen molar-refractivity contribution < 1.29 is 0 Å². The molecule has 2 N–H and O–H groups in total. The molecule has 0 fully saturated rings. The Morgan fingerprint density at radius 2 is 1.82 bits per heavy atom. The summed E-state index contributed by atoms with van der Waals surface area (Å²) in [5.41, 5.74) is 6.36. The molecule has 0 saturated carbocycles. The van der Waals surface area contributed by atoms with Gasteiger partial charge in [-0.25, -0.2) is 0 Å². The third-order valence-corrected chi connectivity index (χ3v) is 2.97. The summed E-state index contributed by atoms with van der Waals surface area (Å²) in [4.78, 5) is 0. The molecule has 0 rings (SSSR count). The van der Waals surface area contributed by atoms with Gasteiger partial charge in [0.1, 0.15) is 0 Å². The summed E-state index contributed by atoms with van der Waals surface area (Å²) in [5, 5.41) is 0. The highest BCUT2D eigenvalue weighted by atomic mass is 14.7. The summed E-state index contributed by atoms with van der Waals surface area (Å²) in [6.07, 6.45) is 4.67. The highest BCUT2D eigenvalue weighted by Crippen LogP contribution is 2.25. The van der Waals surface area contributed by atoms with Crippen molar-refractivity contribution in [3.63, 3.8) is 0 Å². The lowest BCUT2D eigenvalue weighted by Crippen LogP contribution is -2.45. The Labute approximate surface area is 71.4 Å². The Morgan fingerprint density at radius 1 is 1.27 bits per heavy atom. The van der Waals surface area contributed by atoms with Crippen LogP contribution in [0.2, 0.25) is 0 Å². The van der Waals surface area contributed by atoms with Gasteiger partial charge in [-0.2, -0.15) is 0 Å². The fourth-order valence-electron chi connectivity index (χ4n) is 1.64. The zero-order valence-electron chi connectivity index (χ0n) is 8.48. The molecule has 1 heteroatoms. The second-order valence-electron chi connectivity index (χ2n) is 3.65. The standard InChI is InChI=1S/C10H23N/c1-5-8-10(11,7-3)9(4)6-2/h9H,5-8,11H2,1-4H3. The van der Waals surface area contributed by atoms with Crippen molar-refractivity contribution in [2.24, 2.45) is 11.7 Å². The van der Waals surface area contributed by atoms with Gasteiger partial charge >= 0.3 is 0 Å². The quantitative estimate of drug-likeness (QED) is 0.652. The predicted molar refractivity (Wildman–Crippen MR) is 51.6 cm³/mol. The molecular weight excluding hydrogens is 134 g/mol. The largest absolute Gasteiger partial charge is 0.325 e. The van der Waals surface area contributed by atoms with E-state index in [9.17, 15) is 0 Å². The van der Waals surface area contributed by atoms with E-state index in [1.165, 1.54) is 19.3 Å². The lowest BCUT2D eigenvalue weighted by molar-refractivity contribution is 0.251. The van der Waals surface area contributed by atoms with E-state index in [0.717, 1.165) is 6.42 Å². The second kappa shape index (κ2) is 4.76. The molecule has 0 aliphatic carbocycles. The SMILES string of the molecule is CCCC(N)(CC)C(C)CC. The molecule has 0 aromatic rings. The molecule has 68 valence electrons. The van der Waals surface area contributed by atoms with Crippen LogP contribution < -0.4 is 5.73 Å². The Balaban J connectivity index is 4.07. The number of hydrogen-bond donors (Lipinski definition) is 1. The second-order valence-corrected chi connectivity index (χ2v) is 3.65. The van der Waals surface area contributed by atoms with Crippen LogP contribution >= 0.6 is 0 Å². The predicted octanol–water partition coefficient (Wildman–Crippen LogP) is 2.94. The van der Waals surface area contributed by atoms with E-state index in [2.05, 4.69) is 27.7 Å². The Kier molecular flexibility index (Phi) is 4.74. The molecule has 0 aliphatic heterocycles. The van der Waals surface area contributed by atoms with Crippen LogP contribution in [0.3, 0.4) is 0 Å². The molecule has 0 heterocycles. The maximum atomic E-state index is 6.26. The molecule has 11 heavy (non-hydrogen) atoms. The monoisotopic (exact) mass is 157 g/mol. The van der Waals surface area contributed by atoms with Gasteiger partial charge < -0.3 is 5.73 Å². The fourth-order valence-corrected chi connectivity index (χ4v) is 1.64. The molecule has 2 atom stereocenters. The van der Waals surface area contributed by atoms with Crippen molar-refractivity contribution in [3.8, 4) is 0 Å². The van der Waals surface area contributed by atoms with E-state index >= 15 is 0 Å². The minimum absolute atomic E-state index is 0.101. The van der Waals surface area contributed by atoms with Crippen LogP contribution in [0.5, 0.6) is 0 Å². The summed E-state index contributed by atoms with van der Waals surface area (Å²) in [5.74, 6) is 0.660. The van der Waals surface area contributed by atoms with E-state index in [-0.39, 0.29) is 5.54 Å². The zero-order valence-corrected chi connectivity index (χ0v) is 8.48. The minimum Gasteiger partial charge on any atom is -0.325 e. The lowest BCUT2D eigenvalue weighted by Gasteiger charge is -2.34. The molecule has 0 radical (unpaired) electrons. The van der Waals surface area contributed by atoms with Gasteiger partial charge in [-0.05, 0) is 18.8 Å². The fraction of sp³-hybridized carbons (Fsp3) is 1.00. The van der Waals surface area contributed by atoms with E-state index in [1.54, 1.807) is 0 Å². The third kappa shape index (κ3) is 2.82. The summed E-state index contributed by atoms with van der Waals surface area (Å²) in [6.45, 7) is 8.89. The number of hydrogen-bond acceptors (Lipinski definition) is 1. The average Bonchev–Trinajstić information content (AvgIpc) is 2.03. The Hall–Kier alpha value is -0.0400. The van der Waals surface area contributed by atoms with Crippen molar-refractivity contribution >= 4 is 0 Å². The van der Waals surface area contributed by atoms with Gasteiger partial charge in [-0.3, -0.25) is 0 Å². The van der Waals surface area contributed by atoms with E-state index in [1.807, 2.05) is 0 Å². The summed E-state index contributed by atoms with van der Waals surface area (Å²) in [7, 11) is 0. The topological polar surface area (TPSA) is 26.0 Å². The van der Waals surface area contributed by atoms with Crippen molar-refractivity contribution in [1.29, 1.82) is 0 Å². The first-order valence-corrected chi connectivity index (χ1v) is 4.89. The van der Waals surface area contributed by atoms with Gasteiger partial charge in [0, 0.05) is 5.54 Å². The Bertz CT molecular complexity index is 101. The molecular formula is C10H23N. The molecule has 0 aromatic carbocycles. The lowest BCUT2D eigenvalue weighted by atomic mass is 9.79. The number of rotatable bonds is 5. The van der Waals surface area contributed by atoms with E-state index in [4.69, 9.17) is 5.73 Å². The summed E-state index contributed by atoms with van der Waals surface area (Å²) in [6, 6.07) is 0. The van der Waals surface area contributed by atoms with Crippen LogP contribution in [-0.2, 0) is 0 Å². The summed E-state index contributed by atoms with van der Waals surface area (Å²) >= 11 is 0. The van der Waals surface area contributed by atoms with Crippen LogP contribution in [0.25, 0.3) is 0 Å². The van der Waals surface area contributed by atoms with E-state index in [0.29, 0.717) is 5.92 Å². The maximum Gasteiger partial charge on any atom is 0.0177 e. The highest BCUT2D eigenvalue weighted by Gasteiger charge is 2.27. The van der Waals surface area contributed by atoms with Gasteiger partial charge in [0.2, 0.25) is 0 Å². The molecule has 1 nitrogen and oxygen atoms in total. The third-order valence-electron chi connectivity index (χ3n) is 2.97. The summed E-state index contributed by atoms with van der Waals surface area (Å²) < 4.78 is 0. The first-order chi connectivity index (χ1) is 5.10. The molecule has 2 unspecified atom stereocenters. The van der Waals surface area contributed by atoms with Crippen molar-refractivity contribution in [2.45, 2.75) is 58.9 Å². The minimum atomic E-state index is 0.101. The Morgan fingerprint density at radius 3 is 2.09 bits per heavy atom. The smallest absolute Gasteiger partial charge is 0.0177 e. The first-order valence-electron chi connectivity index (χ1n) is 4.89. The van der Waals surface area contributed by atoms with E-state index < -0.39 is 0 Å². The maximum absolute atomic E-state index is 6.26. The number of nitrogens with two attached hydrogens (primary N) is 1. The molecule has 0 aliphatic rings. The van der Waals surface area contributed by atoms with Gasteiger partial charge in [0.05, 0.1) is 0 Å². The average molecular weight is 157 g/mol.